The van der Waals surface area contributed by atoms with E-state index in [1.807, 2.05) is 52.0 Å². The summed E-state index contributed by atoms with van der Waals surface area (Å²) in [6.45, 7) is 10.4. The van der Waals surface area contributed by atoms with Crippen molar-refractivity contribution in [2.45, 2.75) is 58.0 Å². The lowest BCUT2D eigenvalue weighted by Gasteiger charge is -2.14. The van der Waals surface area contributed by atoms with Crippen molar-refractivity contribution in [1.82, 2.24) is 9.55 Å². The molecule has 0 saturated heterocycles. The van der Waals surface area contributed by atoms with Crippen LogP contribution in [0.4, 0.5) is 0 Å². The molecule has 0 saturated carbocycles. The number of fused-ring (bicyclic) bond motifs is 1. The van der Waals surface area contributed by atoms with E-state index in [1.165, 1.54) is 28.7 Å². The number of carbonyl (C=O) groups is 1. The van der Waals surface area contributed by atoms with Crippen LogP contribution >= 0.6 is 23.1 Å². The van der Waals surface area contributed by atoms with Gasteiger partial charge in [-0.3, -0.25) is 14.2 Å². The SMILES string of the molecule is CCc1ccc(C(=O)[C@H](C)Sc2nc3sc(C)c(C)c3c(=O)n2CC)cc1. The van der Waals surface area contributed by atoms with Crippen molar-refractivity contribution in [2.24, 2.45) is 0 Å². The number of hydrogen-bond donors (Lipinski definition) is 0. The number of nitrogens with zero attached hydrogens (tertiary/aromatic N) is 2. The quantitative estimate of drug-likeness (QED) is 0.331. The smallest absolute Gasteiger partial charge is 0.263 e. The molecule has 3 rings (SSSR count). The third-order valence-electron chi connectivity index (χ3n) is 4.87. The van der Waals surface area contributed by atoms with Gasteiger partial charge in [-0.25, -0.2) is 4.98 Å². The van der Waals surface area contributed by atoms with Crippen LogP contribution in [-0.2, 0) is 13.0 Å². The maximum atomic E-state index is 12.9. The van der Waals surface area contributed by atoms with Crippen LogP contribution in [0.3, 0.4) is 0 Å². The van der Waals surface area contributed by atoms with E-state index in [1.54, 1.807) is 4.57 Å². The van der Waals surface area contributed by atoms with Crippen LogP contribution in [-0.4, -0.2) is 20.6 Å². The molecule has 1 aromatic carbocycles. The largest absolute Gasteiger partial charge is 0.293 e. The first kappa shape index (κ1) is 19.8. The van der Waals surface area contributed by atoms with Crippen LogP contribution in [0.1, 0.15) is 47.1 Å². The van der Waals surface area contributed by atoms with E-state index in [2.05, 4.69) is 6.92 Å². The Labute approximate surface area is 167 Å². The highest BCUT2D eigenvalue weighted by Crippen LogP contribution is 2.30. The molecule has 142 valence electrons. The van der Waals surface area contributed by atoms with Gasteiger partial charge in [0, 0.05) is 17.0 Å². The molecule has 0 radical (unpaired) electrons. The molecule has 0 unspecified atom stereocenters. The van der Waals surface area contributed by atoms with Crippen LogP contribution in [0.5, 0.6) is 0 Å². The average Bonchev–Trinajstić information content (AvgIpc) is 2.95. The molecule has 0 aliphatic rings. The molecule has 2 aromatic heterocycles. The van der Waals surface area contributed by atoms with Crippen LogP contribution in [0, 0.1) is 13.8 Å². The van der Waals surface area contributed by atoms with E-state index in [4.69, 9.17) is 4.98 Å². The Hall–Kier alpha value is -1.92. The summed E-state index contributed by atoms with van der Waals surface area (Å²) in [5, 5.41) is 1.00. The minimum Gasteiger partial charge on any atom is -0.293 e. The van der Waals surface area contributed by atoms with Crippen LogP contribution in [0.2, 0.25) is 0 Å². The molecule has 0 aliphatic carbocycles. The van der Waals surface area contributed by atoms with E-state index in [9.17, 15) is 9.59 Å². The molecule has 0 fully saturated rings. The summed E-state index contributed by atoms with van der Waals surface area (Å²) in [6, 6.07) is 7.75. The number of rotatable bonds is 6. The molecular weight excluding hydrogens is 376 g/mol. The van der Waals surface area contributed by atoms with Crippen molar-refractivity contribution in [2.75, 3.05) is 0 Å². The molecule has 0 aliphatic heterocycles. The zero-order chi connectivity index (χ0) is 19.7. The Morgan fingerprint density at radius 1 is 1.22 bits per heavy atom. The molecule has 27 heavy (non-hydrogen) atoms. The molecule has 6 heteroatoms. The summed E-state index contributed by atoms with van der Waals surface area (Å²) >= 11 is 2.90. The topological polar surface area (TPSA) is 52.0 Å². The predicted octanol–water partition coefficient (Wildman–Crippen LogP) is 5.02. The molecule has 4 nitrogen and oxygen atoms in total. The normalized spacial score (nSPS) is 12.5. The minimum atomic E-state index is -0.318. The highest BCUT2D eigenvalue weighted by atomic mass is 32.2. The second-order valence-electron chi connectivity index (χ2n) is 6.58. The van der Waals surface area contributed by atoms with Gasteiger partial charge in [-0.1, -0.05) is 43.0 Å². The second-order valence-corrected chi connectivity index (χ2v) is 9.09. The van der Waals surface area contributed by atoms with Crippen molar-refractivity contribution in [1.29, 1.82) is 0 Å². The van der Waals surface area contributed by atoms with Crippen molar-refractivity contribution in [3.05, 3.63) is 56.2 Å². The molecule has 1 atom stereocenters. The van der Waals surface area contributed by atoms with Gasteiger partial charge in [-0.15, -0.1) is 11.3 Å². The Morgan fingerprint density at radius 2 is 1.89 bits per heavy atom. The number of ketones is 1. The average molecular weight is 401 g/mol. The Morgan fingerprint density at radius 3 is 2.48 bits per heavy atom. The highest BCUT2D eigenvalue weighted by molar-refractivity contribution is 8.00. The zero-order valence-electron chi connectivity index (χ0n) is 16.3. The van der Waals surface area contributed by atoms with E-state index in [-0.39, 0.29) is 16.6 Å². The molecule has 0 bridgehead atoms. The van der Waals surface area contributed by atoms with Gasteiger partial charge in [-0.2, -0.15) is 0 Å². The van der Waals surface area contributed by atoms with Gasteiger partial charge in [-0.05, 0) is 45.2 Å². The summed E-state index contributed by atoms with van der Waals surface area (Å²) in [5.41, 5.74) is 2.90. The zero-order valence-corrected chi connectivity index (χ0v) is 18.0. The first-order chi connectivity index (χ1) is 12.9. The van der Waals surface area contributed by atoms with Gasteiger partial charge < -0.3 is 0 Å². The molecular formula is C21H24N2O2S2. The van der Waals surface area contributed by atoms with Gasteiger partial charge in [0.25, 0.3) is 5.56 Å². The highest BCUT2D eigenvalue weighted by Gasteiger charge is 2.21. The summed E-state index contributed by atoms with van der Waals surface area (Å²) in [6.07, 6.45) is 0.950. The summed E-state index contributed by atoms with van der Waals surface area (Å²) in [4.78, 5) is 32.4. The Kier molecular flexibility index (Phi) is 5.86. The van der Waals surface area contributed by atoms with Gasteiger partial charge >= 0.3 is 0 Å². The predicted molar refractivity (Wildman–Crippen MR) is 114 cm³/mol. The summed E-state index contributed by atoms with van der Waals surface area (Å²) < 4.78 is 1.68. The molecule has 0 amide bonds. The fraction of sp³-hybridized carbons (Fsp3) is 0.381. The second kappa shape index (κ2) is 7.98. The number of carbonyl (C=O) groups excluding carboxylic acids is 1. The van der Waals surface area contributed by atoms with Gasteiger partial charge in [0.1, 0.15) is 4.83 Å². The number of Topliss-reactive ketones (excluding diaryl/α,β-unsaturated/α-hetero) is 1. The van der Waals surface area contributed by atoms with Crippen molar-refractivity contribution in [3.63, 3.8) is 0 Å². The van der Waals surface area contributed by atoms with Gasteiger partial charge in [0.2, 0.25) is 0 Å². The Bertz CT molecular complexity index is 1050. The van der Waals surface area contributed by atoms with Gasteiger partial charge in [0.05, 0.1) is 10.6 Å². The standard InChI is InChI=1S/C21H24N2O2S2/c1-6-15-8-10-16(11-9-15)18(24)14(5)27-21-22-19-17(12(3)13(4)26-19)20(25)23(21)7-2/h8-11,14H,6-7H2,1-5H3/t14-/m0/s1. The maximum absolute atomic E-state index is 12.9. The van der Waals surface area contributed by atoms with Gasteiger partial charge in [0.15, 0.2) is 10.9 Å². The van der Waals surface area contributed by atoms with Crippen molar-refractivity contribution < 1.29 is 4.79 Å². The third kappa shape index (κ3) is 3.73. The van der Waals surface area contributed by atoms with Crippen LogP contribution in [0.15, 0.2) is 34.2 Å². The molecule has 3 aromatic rings. The lowest BCUT2D eigenvalue weighted by Crippen LogP contribution is -2.24. The number of thioether (sulfide) groups is 1. The van der Waals surface area contributed by atoms with E-state index < -0.39 is 0 Å². The maximum Gasteiger partial charge on any atom is 0.263 e. The summed E-state index contributed by atoms with van der Waals surface area (Å²) in [5.74, 6) is 0.0539. The Balaban J connectivity index is 1.95. The van der Waals surface area contributed by atoms with E-state index in [0.29, 0.717) is 22.7 Å². The van der Waals surface area contributed by atoms with Crippen molar-refractivity contribution in [3.8, 4) is 0 Å². The first-order valence-electron chi connectivity index (χ1n) is 9.17. The van der Waals surface area contributed by atoms with Crippen LogP contribution in [0.25, 0.3) is 10.2 Å². The number of benzene rings is 1. The third-order valence-corrected chi connectivity index (χ3v) is 7.06. The fourth-order valence-electron chi connectivity index (χ4n) is 3.03. The number of thiophene rings is 1. The van der Waals surface area contributed by atoms with E-state index in [0.717, 1.165) is 21.7 Å². The van der Waals surface area contributed by atoms with E-state index >= 15 is 0 Å². The van der Waals surface area contributed by atoms with Crippen molar-refractivity contribution >= 4 is 39.1 Å². The molecule has 2 heterocycles. The lowest BCUT2D eigenvalue weighted by atomic mass is 10.1. The first-order valence-corrected chi connectivity index (χ1v) is 10.9. The summed E-state index contributed by atoms with van der Waals surface area (Å²) in [7, 11) is 0. The lowest BCUT2D eigenvalue weighted by molar-refractivity contribution is 0.0994. The minimum absolute atomic E-state index is 0.0150. The number of hydrogen-bond acceptors (Lipinski definition) is 5. The molecule has 0 N–H and O–H groups in total. The fourth-order valence-corrected chi connectivity index (χ4v) is 5.15. The number of aryl methyl sites for hydroxylation is 3. The van der Waals surface area contributed by atoms with Crippen LogP contribution < -0.4 is 5.56 Å². The monoisotopic (exact) mass is 400 g/mol. The number of aromatic nitrogens is 2. The molecule has 0 spiro atoms.